The van der Waals surface area contributed by atoms with Crippen molar-refractivity contribution in [1.82, 2.24) is 14.9 Å². The molecule has 156 valence electrons. The molecular weight excluding hydrogens is 352 g/mol. The minimum atomic E-state index is 0.000491. The Balaban J connectivity index is 2.36. The Labute approximate surface area is 169 Å². The SMILES string of the molecule is CCCC=Nc1nc(N(CC)CC)ncc1N(CC)C(=O)N(C)C1CCCC1. The third-order valence-electron chi connectivity index (χ3n) is 5.43. The molecule has 0 N–H and O–H groups in total. The Bertz CT molecular complexity index is 652. The molecule has 1 aromatic heterocycles. The summed E-state index contributed by atoms with van der Waals surface area (Å²) in [5, 5.41) is 0. The van der Waals surface area contributed by atoms with E-state index in [9.17, 15) is 4.79 Å². The van der Waals surface area contributed by atoms with Gasteiger partial charge in [0, 0.05) is 38.9 Å². The average molecular weight is 389 g/mol. The lowest BCUT2D eigenvalue weighted by molar-refractivity contribution is 0.198. The van der Waals surface area contributed by atoms with Crippen LogP contribution in [0.25, 0.3) is 0 Å². The monoisotopic (exact) mass is 388 g/mol. The predicted octanol–water partition coefficient (Wildman–Crippen LogP) is 4.65. The van der Waals surface area contributed by atoms with Crippen molar-refractivity contribution in [2.24, 2.45) is 4.99 Å². The van der Waals surface area contributed by atoms with E-state index in [0.717, 1.165) is 38.8 Å². The molecule has 1 fully saturated rings. The molecule has 0 unspecified atom stereocenters. The van der Waals surface area contributed by atoms with Crippen molar-refractivity contribution >= 4 is 29.7 Å². The minimum absolute atomic E-state index is 0.000491. The molecule has 7 nitrogen and oxygen atoms in total. The van der Waals surface area contributed by atoms with E-state index in [0.29, 0.717) is 30.0 Å². The van der Waals surface area contributed by atoms with Crippen LogP contribution in [-0.4, -0.2) is 59.8 Å². The van der Waals surface area contributed by atoms with Gasteiger partial charge in [0.2, 0.25) is 5.95 Å². The van der Waals surface area contributed by atoms with Gasteiger partial charge in [0.1, 0.15) is 5.69 Å². The highest BCUT2D eigenvalue weighted by atomic mass is 16.2. The van der Waals surface area contributed by atoms with Crippen LogP contribution in [-0.2, 0) is 0 Å². The summed E-state index contributed by atoms with van der Waals surface area (Å²) in [7, 11) is 1.91. The number of carbonyl (C=O) groups excluding carboxylic acids is 1. The summed E-state index contributed by atoms with van der Waals surface area (Å²) in [5.74, 6) is 1.23. The number of carbonyl (C=O) groups is 1. The molecule has 0 atom stereocenters. The van der Waals surface area contributed by atoms with E-state index in [1.54, 1.807) is 11.1 Å². The van der Waals surface area contributed by atoms with Crippen molar-refractivity contribution in [3.05, 3.63) is 6.20 Å². The summed E-state index contributed by atoms with van der Waals surface area (Å²) in [6, 6.07) is 0.324. The normalized spacial score (nSPS) is 14.6. The molecule has 1 aliphatic rings. The van der Waals surface area contributed by atoms with E-state index in [-0.39, 0.29) is 6.03 Å². The fraction of sp³-hybridized carbons (Fsp3) is 0.714. The molecule has 2 rings (SSSR count). The van der Waals surface area contributed by atoms with Gasteiger partial charge in [0.15, 0.2) is 5.82 Å². The van der Waals surface area contributed by atoms with Crippen LogP contribution in [0.3, 0.4) is 0 Å². The maximum atomic E-state index is 13.2. The average Bonchev–Trinajstić information content (AvgIpc) is 3.25. The number of rotatable bonds is 9. The summed E-state index contributed by atoms with van der Waals surface area (Å²) in [6.07, 6.45) is 10.1. The third kappa shape index (κ3) is 5.20. The van der Waals surface area contributed by atoms with Gasteiger partial charge in [-0.3, -0.25) is 4.90 Å². The summed E-state index contributed by atoms with van der Waals surface area (Å²) in [6.45, 7) is 10.5. The molecule has 0 radical (unpaired) electrons. The van der Waals surface area contributed by atoms with Crippen LogP contribution in [0.1, 0.15) is 66.2 Å². The Hall–Kier alpha value is -2.18. The molecular formula is C21H36N6O. The summed E-state index contributed by atoms with van der Waals surface area (Å²) >= 11 is 0. The number of anilines is 2. The Kier molecular flexibility index (Phi) is 8.67. The van der Waals surface area contributed by atoms with Gasteiger partial charge in [-0.2, -0.15) is 4.98 Å². The van der Waals surface area contributed by atoms with E-state index < -0.39 is 0 Å². The first kappa shape index (κ1) is 22.1. The van der Waals surface area contributed by atoms with Crippen molar-refractivity contribution in [2.45, 2.75) is 72.3 Å². The van der Waals surface area contributed by atoms with Gasteiger partial charge in [-0.05, 0) is 40.0 Å². The van der Waals surface area contributed by atoms with Crippen molar-refractivity contribution in [3.8, 4) is 0 Å². The van der Waals surface area contributed by atoms with Crippen molar-refractivity contribution in [1.29, 1.82) is 0 Å². The number of amides is 2. The first-order valence-electron chi connectivity index (χ1n) is 10.8. The van der Waals surface area contributed by atoms with Crippen LogP contribution in [0.4, 0.5) is 22.2 Å². The summed E-state index contributed by atoms with van der Waals surface area (Å²) in [5.41, 5.74) is 0.681. The third-order valence-corrected chi connectivity index (χ3v) is 5.43. The van der Waals surface area contributed by atoms with Gasteiger partial charge in [-0.1, -0.05) is 26.2 Å². The highest BCUT2D eigenvalue weighted by Gasteiger charge is 2.28. The van der Waals surface area contributed by atoms with Gasteiger partial charge in [0.05, 0.1) is 6.20 Å². The van der Waals surface area contributed by atoms with E-state index in [2.05, 4.69) is 35.6 Å². The zero-order chi connectivity index (χ0) is 20.5. The van der Waals surface area contributed by atoms with Gasteiger partial charge < -0.3 is 9.80 Å². The molecule has 0 saturated heterocycles. The quantitative estimate of drug-likeness (QED) is 0.578. The second-order valence-electron chi connectivity index (χ2n) is 7.23. The lowest BCUT2D eigenvalue weighted by Crippen LogP contribution is -2.45. The van der Waals surface area contributed by atoms with E-state index in [1.807, 2.05) is 25.1 Å². The Morgan fingerprint density at radius 1 is 1.18 bits per heavy atom. The maximum Gasteiger partial charge on any atom is 0.324 e. The largest absolute Gasteiger partial charge is 0.341 e. The lowest BCUT2D eigenvalue weighted by Gasteiger charge is -2.31. The van der Waals surface area contributed by atoms with Crippen LogP contribution >= 0.6 is 0 Å². The number of aliphatic imine (C=N–C) groups is 1. The van der Waals surface area contributed by atoms with E-state index in [1.165, 1.54) is 12.8 Å². The zero-order valence-corrected chi connectivity index (χ0v) is 18.2. The Morgan fingerprint density at radius 2 is 1.86 bits per heavy atom. The first-order valence-corrected chi connectivity index (χ1v) is 10.8. The Morgan fingerprint density at radius 3 is 2.43 bits per heavy atom. The number of nitrogens with zero attached hydrogens (tertiary/aromatic N) is 6. The fourth-order valence-corrected chi connectivity index (χ4v) is 3.63. The van der Waals surface area contributed by atoms with Crippen LogP contribution in [0.2, 0.25) is 0 Å². The molecule has 1 heterocycles. The summed E-state index contributed by atoms with van der Waals surface area (Å²) in [4.78, 5) is 32.8. The highest BCUT2D eigenvalue weighted by molar-refractivity contribution is 5.94. The number of urea groups is 1. The van der Waals surface area contributed by atoms with E-state index >= 15 is 0 Å². The fourth-order valence-electron chi connectivity index (χ4n) is 3.63. The van der Waals surface area contributed by atoms with Gasteiger partial charge in [0.25, 0.3) is 0 Å². The number of hydrogen-bond acceptors (Lipinski definition) is 5. The molecule has 0 aliphatic heterocycles. The molecule has 28 heavy (non-hydrogen) atoms. The van der Waals surface area contributed by atoms with Crippen molar-refractivity contribution in [3.63, 3.8) is 0 Å². The second kappa shape index (κ2) is 11.0. The van der Waals surface area contributed by atoms with Crippen molar-refractivity contribution in [2.75, 3.05) is 36.5 Å². The van der Waals surface area contributed by atoms with E-state index in [4.69, 9.17) is 4.98 Å². The minimum Gasteiger partial charge on any atom is -0.341 e. The lowest BCUT2D eigenvalue weighted by atomic mass is 10.2. The van der Waals surface area contributed by atoms with Gasteiger partial charge in [-0.15, -0.1) is 0 Å². The number of aromatic nitrogens is 2. The molecule has 0 bridgehead atoms. The molecule has 1 saturated carbocycles. The van der Waals surface area contributed by atoms with Gasteiger partial charge in [-0.25, -0.2) is 14.8 Å². The molecule has 0 spiro atoms. The van der Waals surface area contributed by atoms with Crippen LogP contribution < -0.4 is 9.80 Å². The predicted molar refractivity (Wildman–Crippen MR) is 117 cm³/mol. The van der Waals surface area contributed by atoms with Crippen LogP contribution in [0.5, 0.6) is 0 Å². The number of hydrogen-bond donors (Lipinski definition) is 0. The summed E-state index contributed by atoms with van der Waals surface area (Å²) < 4.78 is 0. The smallest absolute Gasteiger partial charge is 0.324 e. The molecule has 2 amide bonds. The standard InChI is InChI=1S/C21H36N6O/c1-6-10-15-22-19-18(16-23-20(24-19)26(7-2)8-3)27(9-4)21(28)25(5)17-13-11-12-14-17/h15-17H,6-14H2,1-5H3. The molecule has 7 heteroatoms. The van der Waals surface area contributed by atoms with Gasteiger partial charge >= 0.3 is 6.03 Å². The second-order valence-corrected chi connectivity index (χ2v) is 7.23. The first-order chi connectivity index (χ1) is 13.6. The maximum absolute atomic E-state index is 13.2. The molecule has 1 aromatic rings. The zero-order valence-electron chi connectivity index (χ0n) is 18.2. The van der Waals surface area contributed by atoms with Crippen LogP contribution in [0.15, 0.2) is 11.2 Å². The number of unbranched alkanes of at least 4 members (excludes halogenated alkanes) is 1. The highest BCUT2D eigenvalue weighted by Crippen LogP contribution is 2.30. The molecule has 0 aromatic carbocycles. The topological polar surface area (TPSA) is 64.9 Å². The molecule has 1 aliphatic carbocycles. The van der Waals surface area contributed by atoms with Crippen LogP contribution in [0, 0.1) is 0 Å². The van der Waals surface area contributed by atoms with Crippen molar-refractivity contribution < 1.29 is 4.79 Å².